The zero-order valence-electron chi connectivity index (χ0n) is 10.3. The molecule has 106 valence electrons. The van der Waals surface area contributed by atoms with E-state index in [0.29, 0.717) is 6.54 Å². The summed E-state index contributed by atoms with van der Waals surface area (Å²) in [7, 11) is 0. The lowest BCUT2D eigenvalue weighted by molar-refractivity contribution is -0.137. The minimum atomic E-state index is -4.49. The maximum Gasteiger partial charge on any atom is 0.418 e. The van der Waals surface area contributed by atoms with Gasteiger partial charge in [0, 0.05) is 30.2 Å². The van der Waals surface area contributed by atoms with Crippen molar-refractivity contribution in [3.05, 3.63) is 28.8 Å². The number of hydrogen-bond acceptors (Lipinski definition) is 2. The monoisotopic (exact) mass is 294 g/mol. The fourth-order valence-corrected chi connectivity index (χ4v) is 1.67. The molecule has 0 saturated heterocycles. The number of amides is 1. The molecule has 1 aromatic rings. The molecule has 0 radical (unpaired) electrons. The van der Waals surface area contributed by atoms with Crippen LogP contribution in [-0.2, 0) is 11.0 Å². The SMILES string of the molecule is CCNC(=O)CCNc1ccc(Cl)cc1C(F)(F)F. The van der Waals surface area contributed by atoms with Gasteiger partial charge in [0.15, 0.2) is 0 Å². The van der Waals surface area contributed by atoms with Crippen LogP contribution in [0.4, 0.5) is 18.9 Å². The van der Waals surface area contributed by atoms with Crippen LogP contribution in [0, 0.1) is 0 Å². The number of rotatable bonds is 5. The summed E-state index contributed by atoms with van der Waals surface area (Å²) in [5.74, 6) is -0.211. The lowest BCUT2D eigenvalue weighted by atomic mass is 10.1. The van der Waals surface area contributed by atoms with Gasteiger partial charge in [-0.1, -0.05) is 11.6 Å². The Kier molecular flexibility index (Phi) is 5.47. The van der Waals surface area contributed by atoms with Gasteiger partial charge in [-0.15, -0.1) is 0 Å². The van der Waals surface area contributed by atoms with Crippen molar-refractivity contribution < 1.29 is 18.0 Å². The molecular formula is C12H14ClF3N2O. The van der Waals surface area contributed by atoms with E-state index >= 15 is 0 Å². The van der Waals surface area contributed by atoms with Crippen molar-refractivity contribution in [3.63, 3.8) is 0 Å². The molecule has 3 nitrogen and oxygen atoms in total. The molecular weight excluding hydrogens is 281 g/mol. The van der Waals surface area contributed by atoms with Gasteiger partial charge in [0.1, 0.15) is 0 Å². The van der Waals surface area contributed by atoms with E-state index in [1.807, 2.05) is 0 Å². The van der Waals surface area contributed by atoms with Crippen LogP contribution in [0.15, 0.2) is 18.2 Å². The van der Waals surface area contributed by atoms with Gasteiger partial charge >= 0.3 is 6.18 Å². The van der Waals surface area contributed by atoms with E-state index in [0.717, 1.165) is 6.07 Å². The second-order valence-electron chi connectivity index (χ2n) is 3.82. The summed E-state index contributed by atoms with van der Waals surface area (Å²) >= 11 is 5.56. The van der Waals surface area contributed by atoms with E-state index in [-0.39, 0.29) is 29.6 Å². The lowest BCUT2D eigenvalue weighted by Gasteiger charge is -2.14. The van der Waals surface area contributed by atoms with Crippen molar-refractivity contribution in [1.29, 1.82) is 0 Å². The maximum atomic E-state index is 12.8. The predicted octanol–water partition coefficient (Wildman–Crippen LogP) is 3.30. The van der Waals surface area contributed by atoms with E-state index < -0.39 is 11.7 Å². The Labute approximate surface area is 114 Å². The van der Waals surface area contributed by atoms with Crippen LogP contribution in [-0.4, -0.2) is 19.0 Å². The van der Waals surface area contributed by atoms with Crippen molar-refractivity contribution in [2.75, 3.05) is 18.4 Å². The number of halogens is 4. The van der Waals surface area contributed by atoms with Gasteiger partial charge < -0.3 is 10.6 Å². The van der Waals surface area contributed by atoms with Gasteiger partial charge in [0.25, 0.3) is 0 Å². The topological polar surface area (TPSA) is 41.1 Å². The molecule has 0 unspecified atom stereocenters. The van der Waals surface area contributed by atoms with Crippen LogP contribution >= 0.6 is 11.6 Å². The van der Waals surface area contributed by atoms with Crippen molar-refractivity contribution in [2.45, 2.75) is 19.5 Å². The van der Waals surface area contributed by atoms with Gasteiger partial charge in [-0.25, -0.2) is 0 Å². The number of alkyl halides is 3. The first-order valence-electron chi connectivity index (χ1n) is 5.72. The first-order valence-corrected chi connectivity index (χ1v) is 6.09. The number of carbonyl (C=O) groups is 1. The molecule has 0 aliphatic rings. The molecule has 0 aliphatic carbocycles. The molecule has 0 atom stereocenters. The quantitative estimate of drug-likeness (QED) is 0.875. The minimum absolute atomic E-state index is 0.0154. The van der Waals surface area contributed by atoms with E-state index in [2.05, 4.69) is 10.6 Å². The molecule has 1 aromatic carbocycles. The highest BCUT2D eigenvalue weighted by Gasteiger charge is 2.33. The second-order valence-corrected chi connectivity index (χ2v) is 4.25. The van der Waals surface area contributed by atoms with Crippen molar-refractivity contribution in [1.82, 2.24) is 5.32 Å². The lowest BCUT2D eigenvalue weighted by Crippen LogP contribution is -2.25. The third-order valence-electron chi connectivity index (χ3n) is 2.33. The summed E-state index contributed by atoms with van der Waals surface area (Å²) in [5, 5.41) is 5.18. The van der Waals surface area contributed by atoms with Crippen LogP contribution in [0.2, 0.25) is 5.02 Å². The van der Waals surface area contributed by atoms with Crippen LogP contribution in [0.1, 0.15) is 18.9 Å². The molecule has 19 heavy (non-hydrogen) atoms. The van der Waals surface area contributed by atoms with Gasteiger partial charge in [-0.2, -0.15) is 13.2 Å². The third kappa shape index (κ3) is 4.98. The Hall–Kier alpha value is -1.43. The fourth-order valence-electron chi connectivity index (χ4n) is 1.50. The number of benzene rings is 1. The molecule has 0 fully saturated rings. The van der Waals surface area contributed by atoms with E-state index in [1.54, 1.807) is 6.92 Å². The van der Waals surface area contributed by atoms with E-state index in [9.17, 15) is 18.0 Å². The van der Waals surface area contributed by atoms with Crippen molar-refractivity contribution >= 4 is 23.2 Å². The Morgan fingerprint density at radius 1 is 1.37 bits per heavy atom. The average molecular weight is 295 g/mol. The molecule has 0 aliphatic heterocycles. The molecule has 1 rings (SSSR count). The highest BCUT2D eigenvalue weighted by Crippen LogP contribution is 2.36. The first-order chi connectivity index (χ1) is 8.84. The number of carbonyl (C=O) groups excluding carboxylic acids is 1. The molecule has 1 amide bonds. The van der Waals surface area contributed by atoms with Gasteiger partial charge in [0.2, 0.25) is 5.91 Å². The molecule has 0 spiro atoms. The Morgan fingerprint density at radius 2 is 2.05 bits per heavy atom. The molecule has 2 N–H and O–H groups in total. The first kappa shape index (κ1) is 15.6. The molecule has 0 heterocycles. The van der Waals surface area contributed by atoms with E-state index in [4.69, 9.17) is 11.6 Å². The van der Waals surface area contributed by atoms with Crippen LogP contribution in [0.5, 0.6) is 0 Å². The smallest absolute Gasteiger partial charge is 0.384 e. The zero-order chi connectivity index (χ0) is 14.5. The Balaban J connectivity index is 2.71. The summed E-state index contributed by atoms with van der Waals surface area (Å²) in [4.78, 5) is 11.2. The molecule has 0 bridgehead atoms. The average Bonchev–Trinajstić information content (AvgIpc) is 2.30. The van der Waals surface area contributed by atoms with Gasteiger partial charge in [0.05, 0.1) is 5.56 Å². The fraction of sp³-hybridized carbons (Fsp3) is 0.417. The molecule has 0 saturated carbocycles. The zero-order valence-corrected chi connectivity index (χ0v) is 11.0. The number of nitrogens with one attached hydrogen (secondary N) is 2. The number of hydrogen-bond donors (Lipinski definition) is 2. The standard InChI is InChI=1S/C12H14ClF3N2O/c1-2-17-11(19)5-6-18-10-4-3-8(13)7-9(10)12(14,15)16/h3-4,7,18H,2,5-6H2,1H3,(H,17,19). The molecule has 0 aromatic heterocycles. The second kappa shape index (κ2) is 6.65. The summed E-state index contributed by atoms with van der Waals surface area (Å²) in [6.45, 7) is 2.39. The van der Waals surface area contributed by atoms with Crippen molar-refractivity contribution in [3.8, 4) is 0 Å². The van der Waals surface area contributed by atoms with Crippen LogP contribution in [0.25, 0.3) is 0 Å². The minimum Gasteiger partial charge on any atom is -0.384 e. The normalized spacial score (nSPS) is 11.2. The van der Waals surface area contributed by atoms with Crippen molar-refractivity contribution in [2.24, 2.45) is 0 Å². The van der Waals surface area contributed by atoms with Gasteiger partial charge in [-0.05, 0) is 25.1 Å². The highest BCUT2D eigenvalue weighted by atomic mass is 35.5. The summed E-state index contributed by atoms with van der Waals surface area (Å²) in [5.41, 5.74) is -0.919. The predicted molar refractivity (Wildman–Crippen MR) is 68.2 cm³/mol. The summed E-state index contributed by atoms with van der Waals surface area (Å²) < 4.78 is 38.3. The van der Waals surface area contributed by atoms with Crippen LogP contribution in [0.3, 0.4) is 0 Å². The maximum absolute atomic E-state index is 12.8. The summed E-state index contributed by atoms with van der Waals surface area (Å²) in [6, 6.07) is 3.48. The largest absolute Gasteiger partial charge is 0.418 e. The Morgan fingerprint density at radius 3 is 2.63 bits per heavy atom. The van der Waals surface area contributed by atoms with Gasteiger partial charge in [-0.3, -0.25) is 4.79 Å². The summed E-state index contributed by atoms with van der Waals surface area (Å²) in [6.07, 6.45) is -4.38. The van der Waals surface area contributed by atoms with E-state index in [1.165, 1.54) is 12.1 Å². The Bertz CT molecular complexity index is 449. The number of anilines is 1. The third-order valence-corrected chi connectivity index (χ3v) is 2.56. The highest BCUT2D eigenvalue weighted by molar-refractivity contribution is 6.30. The molecule has 7 heteroatoms. The van der Waals surface area contributed by atoms with Crippen LogP contribution < -0.4 is 10.6 Å².